The third kappa shape index (κ3) is 2.74. The smallest absolute Gasteiger partial charge is 0.127 e. The van der Waals surface area contributed by atoms with Crippen molar-refractivity contribution in [3.05, 3.63) is 23.9 Å². The van der Waals surface area contributed by atoms with Crippen molar-refractivity contribution >= 4 is 11.7 Å². The van der Waals surface area contributed by atoms with Crippen molar-refractivity contribution in [3.63, 3.8) is 0 Å². The van der Waals surface area contributed by atoms with Gasteiger partial charge in [0, 0.05) is 17.8 Å². The molecule has 0 aliphatic carbocycles. The molecular formula is C9H14N4. The topological polar surface area (TPSA) is 77.3 Å². The molecule has 0 aromatic carbocycles. The molecule has 1 heterocycles. The molecule has 13 heavy (non-hydrogen) atoms. The quantitative estimate of drug-likeness (QED) is 0.519. The van der Waals surface area contributed by atoms with Crippen LogP contribution in [0, 0.1) is 0 Å². The molecule has 0 fully saturated rings. The van der Waals surface area contributed by atoms with Gasteiger partial charge in [0.05, 0.1) is 0 Å². The zero-order valence-corrected chi connectivity index (χ0v) is 7.86. The second-order valence-electron chi connectivity index (χ2n) is 3.08. The number of aliphatic imine (C=N–C) groups is 1. The molecule has 4 nitrogen and oxygen atoms in total. The van der Waals surface area contributed by atoms with E-state index in [9.17, 15) is 0 Å². The second-order valence-corrected chi connectivity index (χ2v) is 3.08. The summed E-state index contributed by atoms with van der Waals surface area (Å²) >= 11 is 0. The Kier molecular flexibility index (Phi) is 2.84. The van der Waals surface area contributed by atoms with E-state index in [4.69, 9.17) is 11.5 Å². The van der Waals surface area contributed by atoms with E-state index in [1.807, 2.05) is 19.9 Å². The molecule has 0 saturated carbocycles. The van der Waals surface area contributed by atoms with E-state index in [-0.39, 0.29) is 6.04 Å². The van der Waals surface area contributed by atoms with Crippen LogP contribution in [0.15, 0.2) is 23.3 Å². The minimum atomic E-state index is 0.192. The molecule has 0 aliphatic rings. The lowest BCUT2D eigenvalue weighted by atomic mass is 10.2. The predicted octanol–water partition coefficient (Wildman–Crippen LogP) is 0.778. The number of anilines is 1. The monoisotopic (exact) mass is 178 g/mol. The molecule has 0 radical (unpaired) electrons. The number of pyridine rings is 1. The van der Waals surface area contributed by atoms with E-state index >= 15 is 0 Å². The number of nitrogens with two attached hydrogens (primary N) is 2. The van der Waals surface area contributed by atoms with Crippen molar-refractivity contribution in [3.8, 4) is 0 Å². The Balaban J connectivity index is 2.89. The molecule has 4 N–H and O–H groups in total. The molecule has 0 unspecified atom stereocenters. The second kappa shape index (κ2) is 3.89. The van der Waals surface area contributed by atoms with Gasteiger partial charge < -0.3 is 11.5 Å². The van der Waals surface area contributed by atoms with E-state index in [0.29, 0.717) is 11.7 Å². The Labute approximate surface area is 77.7 Å². The molecular weight excluding hydrogens is 164 g/mol. The van der Waals surface area contributed by atoms with E-state index in [0.717, 1.165) is 5.56 Å². The molecule has 4 heteroatoms. The van der Waals surface area contributed by atoms with E-state index < -0.39 is 0 Å². The average Bonchev–Trinajstić information content (AvgIpc) is 2.04. The van der Waals surface area contributed by atoms with Crippen molar-refractivity contribution in [2.75, 3.05) is 5.73 Å². The largest absolute Gasteiger partial charge is 0.384 e. The lowest BCUT2D eigenvalue weighted by Crippen LogP contribution is -2.16. The van der Waals surface area contributed by atoms with Gasteiger partial charge >= 0.3 is 0 Å². The van der Waals surface area contributed by atoms with Crippen LogP contribution in [0.5, 0.6) is 0 Å². The summed E-state index contributed by atoms with van der Waals surface area (Å²) in [6, 6.07) is 3.71. The first-order valence-electron chi connectivity index (χ1n) is 4.15. The number of hydrogen-bond donors (Lipinski definition) is 2. The third-order valence-corrected chi connectivity index (χ3v) is 1.48. The number of hydrogen-bond acceptors (Lipinski definition) is 3. The molecule has 1 aromatic heterocycles. The molecule has 0 aliphatic heterocycles. The van der Waals surface area contributed by atoms with Crippen LogP contribution in [0.2, 0.25) is 0 Å². The summed E-state index contributed by atoms with van der Waals surface area (Å²) in [5.41, 5.74) is 12.0. The van der Waals surface area contributed by atoms with Gasteiger partial charge in [-0.3, -0.25) is 4.99 Å². The van der Waals surface area contributed by atoms with Crippen LogP contribution in [0.3, 0.4) is 0 Å². The van der Waals surface area contributed by atoms with Gasteiger partial charge in [0.1, 0.15) is 11.7 Å². The van der Waals surface area contributed by atoms with Crippen LogP contribution in [-0.4, -0.2) is 16.9 Å². The standard InChI is InChI=1S/C9H14N4/c1-6(2)13-9(11)7-3-4-8(10)12-5-7/h3-6H,1-2H3,(H2,10,12)(H2,11,13). The number of amidine groups is 1. The van der Waals surface area contributed by atoms with Gasteiger partial charge in [-0.1, -0.05) is 0 Å². The molecule has 70 valence electrons. The molecule has 0 saturated heterocycles. The number of nitrogens with zero attached hydrogens (tertiary/aromatic N) is 2. The van der Waals surface area contributed by atoms with Crippen molar-refractivity contribution in [1.82, 2.24) is 4.98 Å². The molecule has 0 atom stereocenters. The first kappa shape index (κ1) is 9.51. The van der Waals surface area contributed by atoms with Gasteiger partial charge in [0.2, 0.25) is 0 Å². The summed E-state index contributed by atoms with van der Waals surface area (Å²) in [5, 5.41) is 0. The summed E-state index contributed by atoms with van der Waals surface area (Å²) in [6.07, 6.45) is 1.62. The van der Waals surface area contributed by atoms with Crippen molar-refractivity contribution < 1.29 is 0 Å². The Bertz CT molecular complexity index is 300. The summed E-state index contributed by atoms with van der Waals surface area (Å²) in [5.74, 6) is 0.989. The van der Waals surface area contributed by atoms with Crippen LogP contribution in [0.1, 0.15) is 19.4 Å². The van der Waals surface area contributed by atoms with Gasteiger partial charge in [-0.05, 0) is 26.0 Å². The predicted molar refractivity (Wildman–Crippen MR) is 54.5 cm³/mol. The van der Waals surface area contributed by atoms with Crippen LogP contribution in [0.4, 0.5) is 5.82 Å². The SMILES string of the molecule is CC(C)N=C(N)c1ccc(N)nc1. The van der Waals surface area contributed by atoms with Gasteiger partial charge in [0.15, 0.2) is 0 Å². The fraction of sp³-hybridized carbons (Fsp3) is 0.333. The van der Waals surface area contributed by atoms with Crippen LogP contribution >= 0.6 is 0 Å². The summed E-state index contributed by atoms with van der Waals surface area (Å²) in [7, 11) is 0. The highest BCUT2D eigenvalue weighted by atomic mass is 14.9. The maximum absolute atomic E-state index is 5.72. The Morgan fingerprint density at radius 1 is 1.46 bits per heavy atom. The molecule has 0 spiro atoms. The maximum Gasteiger partial charge on any atom is 0.127 e. The van der Waals surface area contributed by atoms with E-state index in [1.165, 1.54) is 0 Å². The summed E-state index contributed by atoms with van der Waals surface area (Å²) in [4.78, 5) is 8.12. The minimum Gasteiger partial charge on any atom is -0.384 e. The van der Waals surface area contributed by atoms with Crippen LogP contribution < -0.4 is 11.5 Å². The Morgan fingerprint density at radius 2 is 2.15 bits per heavy atom. The lowest BCUT2D eigenvalue weighted by molar-refractivity contribution is 0.834. The zero-order valence-electron chi connectivity index (χ0n) is 7.86. The van der Waals surface area contributed by atoms with Crippen molar-refractivity contribution in [2.24, 2.45) is 10.7 Å². The van der Waals surface area contributed by atoms with Crippen LogP contribution in [-0.2, 0) is 0 Å². The number of rotatable bonds is 2. The highest BCUT2D eigenvalue weighted by molar-refractivity contribution is 5.97. The van der Waals surface area contributed by atoms with Gasteiger partial charge in [0.25, 0.3) is 0 Å². The normalized spacial score (nSPS) is 12.1. The Morgan fingerprint density at radius 3 is 2.62 bits per heavy atom. The number of aromatic nitrogens is 1. The fourth-order valence-electron chi connectivity index (χ4n) is 0.910. The van der Waals surface area contributed by atoms with Crippen molar-refractivity contribution in [2.45, 2.75) is 19.9 Å². The van der Waals surface area contributed by atoms with E-state index in [2.05, 4.69) is 9.98 Å². The van der Waals surface area contributed by atoms with E-state index in [1.54, 1.807) is 12.3 Å². The molecule has 0 bridgehead atoms. The first-order valence-corrected chi connectivity index (χ1v) is 4.15. The third-order valence-electron chi connectivity index (χ3n) is 1.48. The number of nitrogen functional groups attached to an aromatic ring is 1. The molecule has 0 amide bonds. The molecule has 1 aromatic rings. The fourth-order valence-corrected chi connectivity index (χ4v) is 0.910. The minimum absolute atomic E-state index is 0.192. The van der Waals surface area contributed by atoms with Gasteiger partial charge in [-0.25, -0.2) is 4.98 Å². The van der Waals surface area contributed by atoms with Gasteiger partial charge in [-0.15, -0.1) is 0 Å². The van der Waals surface area contributed by atoms with Crippen LogP contribution in [0.25, 0.3) is 0 Å². The first-order chi connectivity index (χ1) is 6.09. The maximum atomic E-state index is 5.72. The van der Waals surface area contributed by atoms with Crippen molar-refractivity contribution in [1.29, 1.82) is 0 Å². The highest BCUT2D eigenvalue weighted by Gasteiger charge is 1.99. The lowest BCUT2D eigenvalue weighted by Gasteiger charge is -2.02. The highest BCUT2D eigenvalue weighted by Crippen LogP contribution is 2.01. The summed E-state index contributed by atoms with van der Waals surface area (Å²) in [6.45, 7) is 3.94. The van der Waals surface area contributed by atoms with Gasteiger partial charge in [-0.2, -0.15) is 0 Å². The zero-order chi connectivity index (χ0) is 9.84. The molecule has 1 rings (SSSR count). The Hall–Kier alpha value is -1.58. The average molecular weight is 178 g/mol. The summed E-state index contributed by atoms with van der Waals surface area (Å²) < 4.78 is 0.